The van der Waals surface area contributed by atoms with E-state index in [-0.39, 0.29) is 0 Å². The van der Waals surface area contributed by atoms with Gasteiger partial charge in [0.25, 0.3) is 5.76 Å². The Bertz CT molecular complexity index is 368. The number of rotatable bonds is 7. The molecule has 1 aliphatic carbocycles. The Balaban J connectivity index is 1.91. The van der Waals surface area contributed by atoms with Crippen LogP contribution >= 0.6 is 11.8 Å². The smallest absolute Gasteiger partial charge is 0.288 e. The second kappa shape index (κ2) is 6.38. The highest BCUT2D eigenvalue weighted by molar-refractivity contribution is 7.99. The quantitative estimate of drug-likeness (QED) is 0.763. The first kappa shape index (κ1) is 13.6. The van der Waals surface area contributed by atoms with Gasteiger partial charge in [0.1, 0.15) is 0 Å². The Kier molecular flexibility index (Phi) is 4.83. The van der Waals surface area contributed by atoms with Crippen molar-refractivity contribution in [1.29, 1.82) is 0 Å². The van der Waals surface area contributed by atoms with Crippen molar-refractivity contribution in [2.24, 2.45) is 5.92 Å². The first-order valence-electron chi connectivity index (χ1n) is 5.99. The summed E-state index contributed by atoms with van der Waals surface area (Å²) in [6.45, 7) is 0.679. The van der Waals surface area contributed by atoms with E-state index >= 15 is 0 Å². The summed E-state index contributed by atoms with van der Waals surface area (Å²) in [5.41, 5.74) is 0.961. The van der Waals surface area contributed by atoms with Gasteiger partial charge in [-0.1, -0.05) is 11.8 Å². The molecule has 1 fully saturated rings. The molecule has 2 rings (SSSR count). The molecule has 1 aromatic carbocycles. The van der Waals surface area contributed by atoms with Crippen LogP contribution in [-0.2, 0) is 4.74 Å². The van der Waals surface area contributed by atoms with Gasteiger partial charge in [-0.05, 0) is 43.0 Å². The third-order valence-corrected chi connectivity index (χ3v) is 3.69. The maximum absolute atomic E-state index is 12.2. The van der Waals surface area contributed by atoms with E-state index in [1.54, 1.807) is 19.2 Å². The number of alkyl halides is 2. The van der Waals surface area contributed by atoms with Gasteiger partial charge in [-0.3, -0.25) is 0 Å². The molecule has 0 radical (unpaired) electrons. The minimum atomic E-state index is -2.36. The van der Waals surface area contributed by atoms with Crippen molar-refractivity contribution in [3.05, 3.63) is 24.3 Å². The fraction of sp³-hybridized carbons (Fsp3) is 0.538. The molecule has 0 bridgehead atoms. The molecule has 0 amide bonds. The van der Waals surface area contributed by atoms with Crippen molar-refractivity contribution in [2.75, 3.05) is 19.0 Å². The Morgan fingerprint density at radius 3 is 2.50 bits per heavy atom. The molecule has 1 atom stereocenters. The standard InChI is InChI=1S/C13H17F2NOS/c1-17-8-12(9-2-3-9)16-10-4-6-11(7-5-10)18-13(14)15/h4-7,9,12-13,16H,2-3,8H2,1H3. The van der Waals surface area contributed by atoms with Crippen molar-refractivity contribution >= 4 is 17.4 Å². The minimum absolute atomic E-state index is 0.323. The molecule has 0 spiro atoms. The Labute approximate surface area is 110 Å². The lowest BCUT2D eigenvalue weighted by Crippen LogP contribution is -2.27. The molecule has 1 N–H and O–H groups in total. The molecule has 1 unspecified atom stereocenters. The summed E-state index contributed by atoms with van der Waals surface area (Å²) in [6, 6.07) is 7.45. The lowest BCUT2D eigenvalue weighted by molar-refractivity contribution is 0.179. The van der Waals surface area contributed by atoms with Gasteiger partial charge in [-0.2, -0.15) is 8.78 Å². The molecular formula is C13H17F2NOS. The van der Waals surface area contributed by atoms with Crippen LogP contribution in [0.3, 0.4) is 0 Å². The van der Waals surface area contributed by atoms with E-state index in [1.165, 1.54) is 12.8 Å². The number of anilines is 1. The van der Waals surface area contributed by atoms with E-state index in [2.05, 4.69) is 5.32 Å². The average Bonchev–Trinajstić information content (AvgIpc) is 3.14. The SMILES string of the molecule is COCC(Nc1ccc(SC(F)F)cc1)C1CC1. The van der Waals surface area contributed by atoms with Crippen LogP contribution in [0.1, 0.15) is 12.8 Å². The number of ether oxygens (including phenoxy) is 1. The summed E-state index contributed by atoms with van der Waals surface area (Å²) >= 11 is 0.569. The van der Waals surface area contributed by atoms with Crippen LogP contribution in [-0.4, -0.2) is 25.5 Å². The third-order valence-electron chi connectivity index (χ3n) is 2.97. The first-order chi connectivity index (χ1) is 8.69. The largest absolute Gasteiger partial charge is 0.383 e. The minimum Gasteiger partial charge on any atom is -0.383 e. The molecule has 1 aliphatic rings. The molecule has 1 aromatic rings. The molecule has 5 heteroatoms. The van der Waals surface area contributed by atoms with Gasteiger partial charge in [0.2, 0.25) is 0 Å². The summed E-state index contributed by atoms with van der Waals surface area (Å²) in [4.78, 5) is 0.588. The average molecular weight is 273 g/mol. The van der Waals surface area contributed by atoms with Crippen molar-refractivity contribution in [3.63, 3.8) is 0 Å². The van der Waals surface area contributed by atoms with Crippen molar-refractivity contribution in [3.8, 4) is 0 Å². The maximum Gasteiger partial charge on any atom is 0.288 e. The fourth-order valence-electron chi connectivity index (χ4n) is 1.92. The maximum atomic E-state index is 12.2. The van der Waals surface area contributed by atoms with Crippen LogP contribution < -0.4 is 5.32 Å². The molecule has 0 aliphatic heterocycles. The monoisotopic (exact) mass is 273 g/mol. The van der Waals surface area contributed by atoms with E-state index in [4.69, 9.17) is 4.74 Å². The molecule has 0 heterocycles. The van der Waals surface area contributed by atoms with Crippen LogP contribution in [0.2, 0.25) is 0 Å². The number of hydrogen-bond acceptors (Lipinski definition) is 3. The molecule has 2 nitrogen and oxygen atoms in total. The summed E-state index contributed by atoms with van der Waals surface area (Å²) < 4.78 is 29.5. The van der Waals surface area contributed by atoms with Gasteiger partial charge in [-0.25, -0.2) is 0 Å². The van der Waals surface area contributed by atoms with Gasteiger partial charge in [-0.15, -0.1) is 0 Å². The van der Waals surface area contributed by atoms with E-state index in [0.717, 1.165) is 5.69 Å². The molecule has 0 saturated heterocycles. The lowest BCUT2D eigenvalue weighted by atomic mass is 10.2. The predicted octanol–water partition coefficient (Wildman–Crippen LogP) is 3.84. The fourth-order valence-corrected chi connectivity index (χ4v) is 2.42. The van der Waals surface area contributed by atoms with E-state index in [1.807, 2.05) is 12.1 Å². The Morgan fingerprint density at radius 2 is 2.00 bits per heavy atom. The molecule has 0 aromatic heterocycles. The summed E-state index contributed by atoms with van der Waals surface area (Å²) in [5, 5.41) is 3.40. The van der Waals surface area contributed by atoms with Crippen molar-refractivity contribution in [1.82, 2.24) is 0 Å². The zero-order chi connectivity index (χ0) is 13.0. The Hall–Kier alpha value is -0.810. The van der Waals surface area contributed by atoms with Crippen LogP contribution in [0.4, 0.5) is 14.5 Å². The number of benzene rings is 1. The molecule has 1 saturated carbocycles. The second-order valence-electron chi connectivity index (χ2n) is 4.45. The lowest BCUT2D eigenvalue weighted by Gasteiger charge is -2.18. The number of halogens is 2. The van der Waals surface area contributed by atoms with Gasteiger partial charge in [0.05, 0.1) is 12.6 Å². The molecular weight excluding hydrogens is 256 g/mol. The number of thioether (sulfide) groups is 1. The number of nitrogens with one attached hydrogen (secondary N) is 1. The van der Waals surface area contributed by atoms with Crippen LogP contribution in [0.5, 0.6) is 0 Å². The van der Waals surface area contributed by atoms with Gasteiger partial charge < -0.3 is 10.1 Å². The van der Waals surface area contributed by atoms with E-state index in [9.17, 15) is 8.78 Å². The van der Waals surface area contributed by atoms with Gasteiger partial charge >= 0.3 is 0 Å². The highest BCUT2D eigenvalue weighted by atomic mass is 32.2. The van der Waals surface area contributed by atoms with Crippen LogP contribution in [0.15, 0.2) is 29.2 Å². The van der Waals surface area contributed by atoms with Crippen LogP contribution in [0.25, 0.3) is 0 Å². The van der Waals surface area contributed by atoms with Gasteiger partial charge in [0, 0.05) is 17.7 Å². The normalized spacial score (nSPS) is 16.9. The van der Waals surface area contributed by atoms with E-state index < -0.39 is 5.76 Å². The molecule has 100 valence electrons. The number of hydrogen-bond donors (Lipinski definition) is 1. The zero-order valence-electron chi connectivity index (χ0n) is 10.2. The summed E-state index contributed by atoms with van der Waals surface area (Å²) in [6.07, 6.45) is 2.47. The third kappa shape index (κ3) is 4.14. The van der Waals surface area contributed by atoms with Crippen LogP contribution in [0, 0.1) is 5.92 Å². The zero-order valence-corrected chi connectivity index (χ0v) is 11.1. The Morgan fingerprint density at radius 1 is 1.33 bits per heavy atom. The van der Waals surface area contributed by atoms with Crippen molar-refractivity contribution in [2.45, 2.75) is 29.5 Å². The van der Waals surface area contributed by atoms with E-state index in [0.29, 0.717) is 35.2 Å². The molecule has 18 heavy (non-hydrogen) atoms. The summed E-state index contributed by atoms with van der Waals surface area (Å²) in [5.74, 6) is -1.68. The second-order valence-corrected chi connectivity index (χ2v) is 5.51. The van der Waals surface area contributed by atoms with Gasteiger partial charge in [0.15, 0.2) is 0 Å². The topological polar surface area (TPSA) is 21.3 Å². The highest BCUT2D eigenvalue weighted by Gasteiger charge is 2.30. The van der Waals surface area contributed by atoms with Crippen molar-refractivity contribution < 1.29 is 13.5 Å². The summed E-state index contributed by atoms with van der Waals surface area (Å²) in [7, 11) is 1.69. The number of methoxy groups -OCH3 is 1. The predicted molar refractivity (Wildman–Crippen MR) is 70.3 cm³/mol. The highest BCUT2D eigenvalue weighted by Crippen LogP contribution is 2.34. The first-order valence-corrected chi connectivity index (χ1v) is 6.87.